The molecule has 138 valence electrons. The van der Waals surface area contributed by atoms with Crippen LogP contribution in [0, 0.1) is 0 Å². The Morgan fingerprint density at radius 2 is 1.81 bits per heavy atom. The largest absolute Gasteiger partial charge is 0.497 e. The Morgan fingerprint density at radius 3 is 2.48 bits per heavy atom. The molecule has 1 amide bonds. The molecule has 1 aromatic heterocycles. The third-order valence-electron chi connectivity index (χ3n) is 4.05. The SMILES string of the molecule is COC(=O)c1ccc2nc(Cl)c(C(=O)NCc3ccc(OC)cc3)cc2c1. The van der Waals surface area contributed by atoms with Crippen molar-refractivity contribution in [1.29, 1.82) is 0 Å². The molecule has 1 heterocycles. The van der Waals surface area contributed by atoms with Crippen LogP contribution < -0.4 is 10.1 Å². The zero-order valence-corrected chi connectivity index (χ0v) is 15.5. The van der Waals surface area contributed by atoms with E-state index in [2.05, 4.69) is 10.3 Å². The van der Waals surface area contributed by atoms with Crippen LogP contribution in [-0.2, 0) is 11.3 Å². The summed E-state index contributed by atoms with van der Waals surface area (Å²) in [5.41, 5.74) is 2.11. The van der Waals surface area contributed by atoms with E-state index in [0.717, 1.165) is 11.3 Å². The molecule has 27 heavy (non-hydrogen) atoms. The second kappa shape index (κ2) is 8.05. The lowest BCUT2D eigenvalue weighted by atomic mass is 10.1. The van der Waals surface area contributed by atoms with E-state index in [1.165, 1.54) is 7.11 Å². The Balaban J connectivity index is 1.82. The number of halogens is 1. The molecule has 0 fully saturated rings. The topological polar surface area (TPSA) is 77.5 Å². The Labute approximate surface area is 161 Å². The summed E-state index contributed by atoms with van der Waals surface area (Å²) in [6.07, 6.45) is 0. The highest BCUT2D eigenvalue weighted by molar-refractivity contribution is 6.33. The molecular weight excluding hydrogens is 368 g/mol. The van der Waals surface area contributed by atoms with E-state index in [0.29, 0.717) is 23.0 Å². The fourth-order valence-electron chi connectivity index (χ4n) is 2.58. The quantitative estimate of drug-likeness (QED) is 0.537. The van der Waals surface area contributed by atoms with Crippen LogP contribution in [0.5, 0.6) is 5.75 Å². The van der Waals surface area contributed by atoms with Crippen LogP contribution in [-0.4, -0.2) is 31.1 Å². The predicted octanol–water partition coefficient (Wildman–Crippen LogP) is 3.61. The fourth-order valence-corrected chi connectivity index (χ4v) is 2.81. The van der Waals surface area contributed by atoms with Crippen molar-refractivity contribution in [2.24, 2.45) is 0 Å². The lowest BCUT2D eigenvalue weighted by Crippen LogP contribution is -2.23. The first-order valence-electron chi connectivity index (χ1n) is 8.11. The van der Waals surface area contributed by atoms with Gasteiger partial charge in [-0.15, -0.1) is 0 Å². The summed E-state index contributed by atoms with van der Waals surface area (Å²) in [5, 5.41) is 3.53. The van der Waals surface area contributed by atoms with Gasteiger partial charge >= 0.3 is 5.97 Å². The van der Waals surface area contributed by atoms with Gasteiger partial charge in [-0.25, -0.2) is 9.78 Å². The number of fused-ring (bicyclic) bond motifs is 1. The Bertz CT molecular complexity index is 1000. The van der Waals surface area contributed by atoms with E-state index in [1.807, 2.05) is 24.3 Å². The summed E-state index contributed by atoms with van der Waals surface area (Å²) in [6, 6.07) is 13.9. The Morgan fingerprint density at radius 1 is 1.07 bits per heavy atom. The highest BCUT2D eigenvalue weighted by Crippen LogP contribution is 2.22. The van der Waals surface area contributed by atoms with Gasteiger partial charge in [0.25, 0.3) is 5.91 Å². The number of carbonyl (C=O) groups excluding carboxylic acids is 2. The maximum absolute atomic E-state index is 12.5. The fraction of sp³-hybridized carbons (Fsp3) is 0.150. The molecule has 0 aliphatic carbocycles. The lowest BCUT2D eigenvalue weighted by molar-refractivity contribution is 0.0600. The smallest absolute Gasteiger partial charge is 0.337 e. The first-order chi connectivity index (χ1) is 13.0. The molecule has 0 spiro atoms. The van der Waals surface area contributed by atoms with Crippen molar-refractivity contribution in [2.75, 3.05) is 14.2 Å². The number of amides is 1. The van der Waals surface area contributed by atoms with Gasteiger partial charge in [-0.2, -0.15) is 0 Å². The average Bonchev–Trinajstić information content (AvgIpc) is 2.70. The summed E-state index contributed by atoms with van der Waals surface area (Å²) in [6.45, 7) is 0.333. The number of rotatable bonds is 5. The number of aromatic nitrogens is 1. The van der Waals surface area contributed by atoms with Crippen LogP contribution in [0.25, 0.3) is 10.9 Å². The number of hydrogen-bond acceptors (Lipinski definition) is 5. The van der Waals surface area contributed by atoms with Crippen molar-refractivity contribution in [1.82, 2.24) is 10.3 Å². The van der Waals surface area contributed by atoms with Crippen LogP contribution >= 0.6 is 11.6 Å². The van der Waals surface area contributed by atoms with Crippen LogP contribution in [0.1, 0.15) is 26.3 Å². The molecule has 0 aliphatic heterocycles. The van der Waals surface area contributed by atoms with E-state index in [1.54, 1.807) is 31.4 Å². The lowest BCUT2D eigenvalue weighted by Gasteiger charge is -2.09. The van der Waals surface area contributed by atoms with Gasteiger partial charge in [-0.3, -0.25) is 4.79 Å². The highest BCUT2D eigenvalue weighted by Gasteiger charge is 2.14. The van der Waals surface area contributed by atoms with Crippen LogP contribution in [0.2, 0.25) is 5.15 Å². The molecule has 3 rings (SSSR count). The zero-order chi connectivity index (χ0) is 19.4. The summed E-state index contributed by atoms with van der Waals surface area (Å²) < 4.78 is 9.83. The maximum Gasteiger partial charge on any atom is 0.337 e. The predicted molar refractivity (Wildman–Crippen MR) is 102 cm³/mol. The molecule has 0 saturated carbocycles. The number of nitrogens with one attached hydrogen (secondary N) is 1. The number of esters is 1. The summed E-state index contributed by atoms with van der Waals surface area (Å²) >= 11 is 6.17. The summed E-state index contributed by atoms with van der Waals surface area (Å²) in [7, 11) is 2.90. The number of nitrogens with zero attached hydrogens (tertiary/aromatic N) is 1. The molecule has 6 nitrogen and oxygen atoms in total. The van der Waals surface area contributed by atoms with Gasteiger partial charge in [-0.05, 0) is 42.0 Å². The molecule has 7 heteroatoms. The number of methoxy groups -OCH3 is 2. The molecule has 0 radical (unpaired) electrons. The minimum Gasteiger partial charge on any atom is -0.497 e. The van der Waals surface area contributed by atoms with Crippen molar-refractivity contribution in [3.8, 4) is 5.75 Å². The number of carbonyl (C=O) groups is 2. The monoisotopic (exact) mass is 384 g/mol. The normalized spacial score (nSPS) is 10.5. The van der Waals surface area contributed by atoms with Gasteiger partial charge in [-0.1, -0.05) is 23.7 Å². The second-order valence-corrected chi connectivity index (χ2v) is 6.11. The average molecular weight is 385 g/mol. The van der Waals surface area contributed by atoms with Crippen molar-refractivity contribution >= 4 is 34.4 Å². The van der Waals surface area contributed by atoms with E-state index < -0.39 is 5.97 Å². The van der Waals surface area contributed by atoms with E-state index in [9.17, 15) is 9.59 Å². The van der Waals surface area contributed by atoms with Crippen LogP contribution in [0.4, 0.5) is 0 Å². The minimum atomic E-state index is -0.461. The van der Waals surface area contributed by atoms with Crippen molar-refractivity contribution in [2.45, 2.75) is 6.54 Å². The summed E-state index contributed by atoms with van der Waals surface area (Å²) in [4.78, 5) is 28.5. The van der Waals surface area contributed by atoms with E-state index >= 15 is 0 Å². The van der Waals surface area contributed by atoms with Gasteiger partial charge in [0.05, 0.1) is 30.9 Å². The zero-order valence-electron chi connectivity index (χ0n) is 14.8. The first-order valence-corrected chi connectivity index (χ1v) is 8.49. The molecule has 2 aromatic carbocycles. The highest BCUT2D eigenvalue weighted by atomic mass is 35.5. The number of ether oxygens (including phenoxy) is 2. The summed E-state index contributed by atoms with van der Waals surface area (Å²) in [5.74, 6) is -0.0701. The molecule has 0 atom stereocenters. The molecular formula is C20H17ClN2O4. The maximum atomic E-state index is 12.5. The number of benzene rings is 2. The van der Waals surface area contributed by atoms with Gasteiger partial charge < -0.3 is 14.8 Å². The van der Waals surface area contributed by atoms with Gasteiger partial charge in [0.1, 0.15) is 10.9 Å². The number of pyridine rings is 1. The first kappa shape index (κ1) is 18.7. The standard InChI is InChI=1S/C20H17ClN2O4/c1-26-15-6-3-12(4-7-15)11-22-19(24)16-10-14-9-13(20(25)27-2)5-8-17(14)23-18(16)21/h3-10H,11H2,1-2H3,(H,22,24). The third-order valence-corrected chi connectivity index (χ3v) is 4.33. The molecule has 1 N–H and O–H groups in total. The number of hydrogen-bond donors (Lipinski definition) is 1. The van der Waals surface area contributed by atoms with Crippen molar-refractivity contribution < 1.29 is 19.1 Å². The van der Waals surface area contributed by atoms with E-state index in [4.69, 9.17) is 21.1 Å². The Kier molecular flexibility index (Phi) is 5.57. The van der Waals surface area contributed by atoms with Crippen LogP contribution in [0.3, 0.4) is 0 Å². The van der Waals surface area contributed by atoms with E-state index in [-0.39, 0.29) is 16.6 Å². The third kappa shape index (κ3) is 4.17. The Hall–Kier alpha value is -3.12. The van der Waals surface area contributed by atoms with Gasteiger partial charge in [0.15, 0.2) is 0 Å². The molecule has 0 saturated heterocycles. The van der Waals surface area contributed by atoms with Crippen LogP contribution in [0.15, 0.2) is 48.5 Å². The van der Waals surface area contributed by atoms with Gasteiger partial charge in [0.2, 0.25) is 0 Å². The molecule has 0 unspecified atom stereocenters. The molecule has 0 bridgehead atoms. The van der Waals surface area contributed by atoms with Crippen molar-refractivity contribution in [3.05, 3.63) is 70.4 Å². The second-order valence-electron chi connectivity index (χ2n) is 5.76. The minimum absolute atomic E-state index is 0.0977. The van der Waals surface area contributed by atoms with Crippen molar-refractivity contribution in [3.63, 3.8) is 0 Å². The molecule has 0 aliphatic rings. The van der Waals surface area contributed by atoms with Gasteiger partial charge in [0, 0.05) is 11.9 Å². The molecule has 3 aromatic rings.